The van der Waals surface area contributed by atoms with E-state index in [2.05, 4.69) is 36.3 Å². The SMILES string of the molecule is CCCNCc1ccc(Cl)cc1-c1cncc(C)c1. The van der Waals surface area contributed by atoms with E-state index >= 15 is 0 Å². The Morgan fingerprint density at radius 3 is 2.79 bits per heavy atom. The fourth-order valence-corrected chi connectivity index (χ4v) is 2.25. The van der Waals surface area contributed by atoms with Crippen molar-refractivity contribution in [3.8, 4) is 11.1 Å². The van der Waals surface area contributed by atoms with Crippen molar-refractivity contribution in [1.29, 1.82) is 0 Å². The first kappa shape index (κ1) is 14.0. The molecule has 0 spiro atoms. The lowest BCUT2D eigenvalue weighted by atomic mass is 10.00. The monoisotopic (exact) mass is 274 g/mol. The highest BCUT2D eigenvalue weighted by molar-refractivity contribution is 6.30. The van der Waals surface area contributed by atoms with Crippen molar-refractivity contribution in [2.24, 2.45) is 0 Å². The van der Waals surface area contributed by atoms with Crippen molar-refractivity contribution in [2.45, 2.75) is 26.8 Å². The summed E-state index contributed by atoms with van der Waals surface area (Å²) in [5.74, 6) is 0. The summed E-state index contributed by atoms with van der Waals surface area (Å²) in [5.41, 5.74) is 4.69. The summed E-state index contributed by atoms with van der Waals surface area (Å²) in [7, 11) is 0. The van der Waals surface area contributed by atoms with Crippen LogP contribution in [0.2, 0.25) is 5.02 Å². The molecule has 0 bridgehead atoms. The first-order chi connectivity index (χ1) is 9.20. The lowest BCUT2D eigenvalue weighted by molar-refractivity contribution is 0.676. The van der Waals surface area contributed by atoms with Gasteiger partial charge in [0.25, 0.3) is 0 Å². The van der Waals surface area contributed by atoms with Crippen LogP contribution in [0.25, 0.3) is 11.1 Å². The highest BCUT2D eigenvalue weighted by Gasteiger charge is 2.06. The van der Waals surface area contributed by atoms with Gasteiger partial charge in [-0.2, -0.15) is 0 Å². The van der Waals surface area contributed by atoms with Crippen LogP contribution in [-0.4, -0.2) is 11.5 Å². The van der Waals surface area contributed by atoms with Crippen LogP contribution in [0.3, 0.4) is 0 Å². The van der Waals surface area contributed by atoms with E-state index in [0.717, 1.165) is 41.2 Å². The van der Waals surface area contributed by atoms with Crippen LogP contribution in [-0.2, 0) is 6.54 Å². The number of nitrogens with zero attached hydrogens (tertiary/aromatic N) is 1. The smallest absolute Gasteiger partial charge is 0.0412 e. The third-order valence-corrected chi connectivity index (χ3v) is 3.24. The number of pyridine rings is 1. The molecule has 0 aliphatic carbocycles. The molecule has 0 atom stereocenters. The Balaban J connectivity index is 2.34. The molecule has 1 aromatic carbocycles. The number of benzene rings is 1. The zero-order valence-electron chi connectivity index (χ0n) is 11.4. The molecule has 0 saturated carbocycles. The standard InChI is InChI=1S/C16H19ClN2/c1-3-6-18-10-13-4-5-15(17)8-16(13)14-7-12(2)9-19-11-14/h4-5,7-9,11,18H,3,6,10H2,1-2H3. The summed E-state index contributed by atoms with van der Waals surface area (Å²) in [6.45, 7) is 6.10. The Bertz CT molecular complexity index is 552. The van der Waals surface area contributed by atoms with Crippen molar-refractivity contribution in [3.05, 3.63) is 52.8 Å². The lowest BCUT2D eigenvalue weighted by Crippen LogP contribution is -2.14. The van der Waals surface area contributed by atoms with Gasteiger partial charge in [-0.05, 0) is 54.8 Å². The molecular weight excluding hydrogens is 256 g/mol. The average Bonchev–Trinajstić information content (AvgIpc) is 2.40. The normalized spacial score (nSPS) is 10.7. The second-order valence-corrected chi connectivity index (χ2v) is 5.17. The predicted molar refractivity (Wildman–Crippen MR) is 81.4 cm³/mol. The zero-order valence-corrected chi connectivity index (χ0v) is 12.2. The number of halogens is 1. The quantitative estimate of drug-likeness (QED) is 0.826. The fraction of sp³-hybridized carbons (Fsp3) is 0.312. The van der Waals surface area contributed by atoms with E-state index < -0.39 is 0 Å². The minimum Gasteiger partial charge on any atom is -0.313 e. The van der Waals surface area contributed by atoms with Crippen molar-refractivity contribution in [1.82, 2.24) is 10.3 Å². The highest BCUT2D eigenvalue weighted by Crippen LogP contribution is 2.27. The maximum atomic E-state index is 6.13. The number of aromatic nitrogens is 1. The maximum absolute atomic E-state index is 6.13. The third kappa shape index (κ3) is 3.79. The molecule has 0 saturated heterocycles. The van der Waals surface area contributed by atoms with Crippen LogP contribution in [0, 0.1) is 6.92 Å². The van der Waals surface area contributed by atoms with Gasteiger partial charge in [-0.3, -0.25) is 4.98 Å². The molecule has 0 amide bonds. The molecule has 3 heteroatoms. The van der Waals surface area contributed by atoms with Gasteiger partial charge in [-0.25, -0.2) is 0 Å². The Hall–Kier alpha value is -1.38. The van der Waals surface area contributed by atoms with Gasteiger partial charge < -0.3 is 5.32 Å². The molecule has 2 nitrogen and oxygen atoms in total. The fourth-order valence-electron chi connectivity index (χ4n) is 2.07. The number of nitrogens with one attached hydrogen (secondary N) is 1. The van der Waals surface area contributed by atoms with Crippen molar-refractivity contribution in [3.63, 3.8) is 0 Å². The van der Waals surface area contributed by atoms with Gasteiger partial charge in [0.1, 0.15) is 0 Å². The van der Waals surface area contributed by atoms with E-state index in [1.54, 1.807) is 0 Å². The van der Waals surface area contributed by atoms with Crippen molar-refractivity contribution < 1.29 is 0 Å². The van der Waals surface area contributed by atoms with Crippen LogP contribution >= 0.6 is 11.6 Å². The third-order valence-electron chi connectivity index (χ3n) is 3.00. The molecule has 19 heavy (non-hydrogen) atoms. The molecule has 0 fully saturated rings. The van der Waals surface area contributed by atoms with E-state index in [9.17, 15) is 0 Å². The van der Waals surface area contributed by atoms with E-state index in [0.29, 0.717) is 0 Å². The van der Waals surface area contributed by atoms with Crippen molar-refractivity contribution in [2.75, 3.05) is 6.54 Å². The number of rotatable bonds is 5. The molecule has 1 aromatic heterocycles. The van der Waals surface area contributed by atoms with E-state index in [4.69, 9.17) is 11.6 Å². The second-order valence-electron chi connectivity index (χ2n) is 4.73. The molecule has 0 radical (unpaired) electrons. The van der Waals surface area contributed by atoms with Crippen LogP contribution in [0.4, 0.5) is 0 Å². The summed E-state index contributed by atoms with van der Waals surface area (Å²) in [4.78, 5) is 4.26. The van der Waals surface area contributed by atoms with E-state index in [1.807, 2.05) is 24.5 Å². The summed E-state index contributed by atoms with van der Waals surface area (Å²) in [6.07, 6.45) is 4.89. The Labute approximate surface area is 119 Å². The molecule has 0 aliphatic heterocycles. The van der Waals surface area contributed by atoms with Gasteiger partial charge in [0.05, 0.1) is 0 Å². The predicted octanol–water partition coefficient (Wildman–Crippen LogP) is 4.21. The van der Waals surface area contributed by atoms with Gasteiger partial charge in [-0.15, -0.1) is 0 Å². The van der Waals surface area contributed by atoms with Crippen LogP contribution in [0.15, 0.2) is 36.7 Å². The molecule has 1 heterocycles. The summed E-state index contributed by atoms with van der Waals surface area (Å²) in [5, 5.41) is 4.19. The summed E-state index contributed by atoms with van der Waals surface area (Å²) >= 11 is 6.13. The highest BCUT2D eigenvalue weighted by atomic mass is 35.5. The second kappa shape index (κ2) is 6.69. The molecule has 0 unspecified atom stereocenters. The maximum Gasteiger partial charge on any atom is 0.0412 e. The molecule has 2 rings (SSSR count). The van der Waals surface area contributed by atoms with E-state index in [1.165, 1.54) is 5.56 Å². The molecular formula is C16H19ClN2. The van der Waals surface area contributed by atoms with Crippen molar-refractivity contribution >= 4 is 11.6 Å². The lowest BCUT2D eigenvalue weighted by Gasteiger charge is -2.11. The molecule has 0 aliphatic rings. The Morgan fingerprint density at radius 1 is 1.21 bits per heavy atom. The molecule has 100 valence electrons. The minimum absolute atomic E-state index is 0.760. The van der Waals surface area contributed by atoms with Gasteiger partial charge in [-0.1, -0.05) is 24.6 Å². The topological polar surface area (TPSA) is 24.9 Å². The van der Waals surface area contributed by atoms with Gasteiger partial charge in [0, 0.05) is 29.5 Å². The first-order valence-electron chi connectivity index (χ1n) is 6.62. The van der Waals surface area contributed by atoms with Gasteiger partial charge >= 0.3 is 0 Å². The number of hydrogen-bond donors (Lipinski definition) is 1. The van der Waals surface area contributed by atoms with Crippen LogP contribution < -0.4 is 5.32 Å². The first-order valence-corrected chi connectivity index (χ1v) is 6.99. The Morgan fingerprint density at radius 2 is 2.05 bits per heavy atom. The summed E-state index contributed by atoms with van der Waals surface area (Å²) < 4.78 is 0. The molecule has 1 N–H and O–H groups in total. The zero-order chi connectivity index (χ0) is 13.7. The summed E-state index contributed by atoms with van der Waals surface area (Å²) in [6, 6.07) is 8.18. The Kier molecular flexibility index (Phi) is 4.94. The average molecular weight is 275 g/mol. The van der Waals surface area contributed by atoms with E-state index in [-0.39, 0.29) is 0 Å². The van der Waals surface area contributed by atoms with Crippen LogP contribution in [0.5, 0.6) is 0 Å². The number of hydrogen-bond acceptors (Lipinski definition) is 2. The number of aryl methyl sites for hydroxylation is 1. The largest absolute Gasteiger partial charge is 0.313 e. The van der Waals surface area contributed by atoms with Gasteiger partial charge in [0.2, 0.25) is 0 Å². The minimum atomic E-state index is 0.760. The molecule has 2 aromatic rings. The van der Waals surface area contributed by atoms with Gasteiger partial charge in [0.15, 0.2) is 0 Å². The van der Waals surface area contributed by atoms with Crippen LogP contribution in [0.1, 0.15) is 24.5 Å².